The van der Waals surface area contributed by atoms with Gasteiger partial charge in [-0.2, -0.15) is 0 Å². The van der Waals surface area contributed by atoms with E-state index < -0.39 is 18.1 Å². The first kappa shape index (κ1) is 17.2. The molecule has 0 saturated carbocycles. The Bertz CT molecular complexity index is 924. The van der Waals surface area contributed by atoms with Gasteiger partial charge in [-0.3, -0.25) is 0 Å². The SMILES string of the molecule is C[C@H](OC(=O)c1cccc(NC(N)=O)c1)c1nnc(-c2ccccc2)o1. The van der Waals surface area contributed by atoms with Crippen LogP contribution in [0.5, 0.6) is 0 Å². The van der Waals surface area contributed by atoms with Crippen molar-refractivity contribution in [3.63, 3.8) is 0 Å². The quantitative estimate of drug-likeness (QED) is 0.681. The van der Waals surface area contributed by atoms with Gasteiger partial charge in [-0.05, 0) is 37.3 Å². The van der Waals surface area contributed by atoms with Crippen LogP contribution in [0.3, 0.4) is 0 Å². The van der Waals surface area contributed by atoms with Crippen LogP contribution in [-0.2, 0) is 4.74 Å². The molecule has 0 bridgehead atoms. The zero-order valence-corrected chi connectivity index (χ0v) is 13.9. The van der Waals surface area contributed by atoms with Gasteiger partial charge in [-0.1, -0.05) is 24.3 Å². The van der Waals surface area contributed by atoms with Crippen molar-refractivity contribution in [3.05, 3.63) is 66.1 Å². The van der Waals surface area contributed by atoms with Crippen LogP contribution in [0.2, 0.25) is 0 Å². The van der Waals surface area contributed by atoms with Crippen molar-refractivity contribution in [2.24, 2.45) is 5.73 Å². The number of esters is 1. The highest BCUT2D eigenvalue weighted by Crippen LogP contribution is 2.23. The van der Waals surface area contributed by atoms with E-state index in [1.807, 2.05) is 30.3 Å². The van der Waals surface area contributed by atoms with Crippen LogP contribution in [0.4, 0.5) is 10.5 Å². The third-order valence-electron chi connectivity index (χ3n) is 3.46. The lowest BCUT2D eigenvalue weighted by molar-refractivity contribution is 0.0280. The van der Waals surface area contributed by atoms with Crippen molar-refractivity contribution in [3.8, 4) is 11.5 Å². The van der Waals surface area contributed by atoms with Crippen molar-refractivity contribution in [1.82, 2.24) is 10.2 Å². The molecule has 3 aromatic rings. The fourth-order valence-corrected chi connectivity index (χ4v) is 2.24. The van der Waals surface area contributed by atoms with E-state index in [1.165, 1.54) is 6.07 Å². The normalized spacial score (nSPS) is 11.6. The number of amides is 2. The molecule has 2 amide bonds. The van der Waals surface area contributed by atoms with Crippen molar-refractivity contribution in [2.45, 2.75) is 13.0 Å². The number of hydrogen-bond donors (Lipinski definition) is 2. The molecule has 8 nitrogen and oxygen atoms in total. The molecule has 2 aromatic carbocycles. The summed E-state index contributed by atoms with van der Waals surface area (Å²) in [5.41, 5.74) is 6.48. The Morgan fingerprint density at radius 3 is 2.62 bits per heavy atom. The van der Waals surface area contributed by atoms with Gasteiger partial charge in [0.15, 0.2) is 6.10 Å². The van der Waals surface area contributed by atoms with Crippen molar-refractivity contribution in [1.29, 1.82) is 0 Å². The summed E-state index contributed by atoms with van der Waals surface area (Å²) in [5.74, 6) is -0.0649. The average Bonchev–Trinajstić information content (AvgIpc) is 3.12. The van der Waals surface area contributed by atoms with Gasteiger partial charge in [-0.25, -0.2) is 9.59 Å². The third kappa shape index (κ3) is 4.04. The molecule has 0 saturated heterocycles. The molecule has 0 aliphatic carbocycles. The van der Waals surface area contributed by atoms with Gasteiger partial charge in [0.05, 0.1) is 5.56 Å². The van der Waals surface area contributed by atoms with Crippen LogP contribution >= 0.6 is 0 Å². The monoisotopic (exact) mass is 352 g/mol. The molecule has 1 aromatic heterocycles. The number of carbonyl (C=O) groups excluding carboxylic acids is 2. The first-order valence-corrected chi connectivity index (χ1v) is 7.79. The molecule has 0 fully saturated rings. The van der Waals surface area contributed by atoms with E-state index in [-0.39, 0.29) is 11.5 Å². The number of aromatic nitrogens is 2. The van der Waals surface area contributed by atoms with E-state index in [0.29, 0.717) is 11.6 Å². The van der Waals surface area contributed by atoms with Crippen LogP contribution in [0.1, 0.15) is 29.3 Å². The maximum Gasteiger partial charge on any atom is 0.338 e. The van der Waals surface area contributed by atoms with Gasteiger partial charge in [0.2, 0.25) is 5.89 Å². The number of carbonyl (C=O) groups is 2. The highest BCUT2D eigenvalue weighted by atomic mass is 16.6. The number of benzene rings is 2. The molecule has 3 N–H and O–H groups in total. The van der Waals surface area contributed by atoms with Gasteiger partial charge in [0, 0.05) is 11.3 Å². The predicted molar refractivity (Wildman–Crippen MR) is 93.2 cm³/mol. The van der Waals surface area contributed by atoms with Gasteiger partial charge >= 0.3 is 12.0 Å². The molecule has 0 aliphatic rings. The molecule has 1 heterocycles. The van der Waals surface area contributed by atoms with Crippen LogP contribution in [-0.4, -0.2) is 22.2 Å². The van der Waals surface area contributed by atoms with Crippen molar-refractivity contribution in [2.75, 3.05) is 5.32 Å². The zero-order valence-electron chi connectivity index (χ0n) is 13.9. The molecule has 0 unspecified atom stereocenters. The molecule has 132 valence electrons. The Balaban J connectivity index is 1.70. The number of urea groups is 1. The number of nitrogens with two attached hydrogens (primary N) is 1. The minimum absolute atomic E-state index is 0.184. The van der Waals surface area contributed by atoms with Crippen molar-refractivity contribution >= 4 is 17.7 Å². The highest BCUT2D eigenvalue weighted by molar-refractivity contribution is 5.93. The van der Waals surface area contributed by atoms with E-state index in [1.54, 1.807) is 25.1 Å². The number of ether oxygens (including phenoxy) is 1. The summed E-state index contributed by atoms with van der Waals surface area (Å²) in [4.78, 5) is 23.2. The summed E-state index contributed by atoms with van der Waals surface area (Å²) >= 11 is 0. The number of primary amides is 1. The standard InChI is InChI=1S/C18H16N4O4/c1-11(15-21-22-16(26-15)12-6-3-2-4-7-12)25-17(23)13-8-5-9-14(10-13)20-18(19)24/h2-11H,1H3,(H3,19,20,24)/t11-/m0/s1. The maximum absolute atomic E-state index is 12.3. The fraction of sp³-hybridized carbons (Fsp3) is 0.111. The number of hydrogen-bond acceptors (Lipinski definition) is 6. The highest BCUT2D eigenvalue weighted by Gasteiger charge is 2.20. The number of anilines is 1. The Morgan fingerprint density at radius 1 is 1.12 bits per heavy atom. The third-order valence-corrected chi connectivity index (χ3v) is 3.46. The number of nitrogens with zero attached hydrogens (tertiary/aromatic N) is 2. The molecular weight excluding hydrogens is 336 g/mol. The first-order valence-electron chi connectivity index (χ1n) is 7.79. The maximum atomic E-state index is 12.3. The summed E-state index contributed by atoms with van der Waals surface area (Å²) < 4.78 is 10.9. The molecule has 0 spiro atoms. The van der Waals surface area contributed by atoms with Crippen molar-refractivity contribution < 1.29 is 18.7 Å². The zero-order chi connectivity index (χ0) is 18.5. The number of nitrogens with one attached hydrogen (secondary N) is 1. The van der Waals surface area contributed by atoms with Gasteiger partial charge in [-0.15, -0.1) is 10.2 Å². The second-order valence-corrected chi connectivity index (χ2v) is 5.43. The molecule has 0 aliphatic heterocycles. The van der Waals surface area contributed by atoms with E-state index in [2.05, 4.69) is 15.5 Å². The Morgan fingerprint density at radius 2 is 1.88 bits per heavy atom. The molecule has 0 radical (unpaired) electrons. The lowest BCUT2D eigenvalue weighted by Crippen LogP contribution is -2.19. The lowest BCUT2D eigenvalue weighted by Gasteiger charge is -2.10. The van der Waals surface area contributed by atoms with Crippen LogP contribution in [0, 0.1) is 0 Å². The largest absolute Gasteiger partial charge is 0.449 e. The summed E-state index contributed by atoms with van der Waals surface area (Å²) in [6.07, 6.45) is -0.736. The Labute approximate surface area is 149 Å². The molecular formula is C18H16N4O4. The molecule has 3 rings (SSSR count). The topological polar surface area (TPSA) is 120 Å². The second kappa shape index (κ2) is 7.47. The number of rotatable bonds is 5. The molecule has 26 heavy (non-hydrogen) atoms. The summed E-state index contributed by atoms with van der Waals surface area (Å²) in [6.45, 7) is 1.63. The smallest absolute Gasteiger partial charge is 0.338 e. The Kier molecular flexibility index (Phi) is 4.93. The van der Waals surface area contributed by atoms with E-state index >= 15 is 0 Å². The van der Waals surface area contributed by atoms with E-state index in [0.717, 1.165) is 5.56 Å². The van der Waals surface area contributed by atoms with Gasteiger partial charge in [0.25, 0.3) is 5.89 Å². The van der Waals surface area contributed by atoms with E-state index in [9.17, 15) is 9.59 Å². The van der Waals surface area contributed by atoms with Gasteiger partial charge < -0.3 is 20.2 Å². The predicted octanol–water partition coefficient (Wildman–Crippen LogP) is 3.15. The van der Waals surface area contributed by atoms with Crippen LogP contribution in [0.15, 0.2) is 59.0 Å². The second-order valence-electron chi connectivity index (χ2n) is 5.43. The van der Waals surface area contributed by atoms with Crippen LogP contribution in [0.25, 0.3) is 11.5 Å². The average molecular weight is 352 g/mol. The minimum Gasteiger partial charge on any atom is -0.449 e. The first-order chi connectivity index (χ1) is 12.5. The molecule has 1 atom stereocenters. The van der Waals surface area contributed by atoms with E-state index in [4.69, 9.17) is 14.9 Å². The van der Waals surface area contributed by atoms with Crippen LogP contribution < -0.4 is 11.1 Å². The summed E-state index contributed by atoms with van der Waals surface area (Å²) in [7, 11) is 0. The Hall–Kier alpha value is -3.68. The summed E-state index contributed by atoms with van der Waals surface area (Å²) in [6, 6.07) is 14.8. The molecule has 8 heteroatoms. The van der Waals surface area contributed by atoms with Gasteiger partial charge in [0.1, 0.15) is 0 Å². The lowest BCUT2D eigenvalue weighted by atomic mass is 10.2. The summed E-state index contributed by atoms with van der Waals surface area (Å²) in [5, 5.41) is 10.3. The fourth-order valence-electron chi connectivity index (χ4n) is 2.24. The minimum atomic E-state index is -0.736.